The van der Waals surface area contributed by atoms with Gasteiger partial charge in [-0.2, -0.15) is 0 Å². The molecule has 24 heavy (non-hydrogen) atoms. The van der Waals surface area contributed by atoms with E-state index in [0.717, 1.165) is 23.3 Å². The third-order valence-corrected chi connectivity index (χ3v) is 3.85. The summed E-state index contributed by atoms with van der Waals surface area (Å²) >= 11 is 0. The highest BCUT2D eigenvalue weighted by Gasteiger charge is 2.13. The normalized spacial score (nSPS) is 10.8. The summed E-state index contributed by atoms with van der Waals surface area (Å²) in [5.74, 6) is -0.441. The first kappa shape index (κ1) is 17.8. The highest BCUT2D eigenvalue weighted by Crippen LogP contribution is 2.23. The zero-order valence-corrected chi connectivity index (χ0v) is 14.3. The zero-order chi connectivity index (χ0) is 17.7. The van der Waals surface area contributed by atoms with Gasteiger partial charge in [-0.05, 0) is 39.0 Å². The molecule has 1 aromatic carbocycles. The maximum atomic E-state index is 11.5. The molecular weight excluding hydrogens is 310 g/mol. The lowest BCUT2D eigenvalue weighted by Gasteiger charge is -2.22. The maximum Gasteiger partial charge on any atom is 0.323 e. The number of carboxylic acids is 1. The van der Waals surface area contributed by atoms with Gasteiger partial charge in [0.2, 0.25) is 0 Å². The van der Waals surface area contributed by atoms with Crippen LogP contribution in [0.5, 0.6) is 0 Å². The SMILES string of the molecule is CCOC(=O)CCN(CC)c1ccc2c(c1)nc(C)n2CC(=O)O. The van der Waals surface area contributed by atoms with Crippen molar-refractivity contribution in [1.29, 1.82) is 0 Å². The van der Waals surface area contributed by atoms with Crippen LogP contribution in [-0.2, 0) is 20.9 Å². The quantitative estimate of drug-likeness (QED) is 0.746. The number of fused-ring (bicyclic) bond motifs is 1. The lowest BCUT2D eigenvalue weighted by Crippen LogP contribution is -2.26. The molecule has 0 spiro atoms. The van der Waals surface area contributed by atoms with Gasteiger partial charge in [-0.1, -0.05) is 0 Å². The fourth-order valence-electron chi connectivity index (χ4n) is 2.70. The number of carboxylic acid groups (broad SMARTS) is 1. The minimum absolute atomic E-state index is 0.109. The molecule has 1 heterocycles. The topological polar surface area (TPSA) is 84.7 Å². The van der Waals surface area contributed by atoms with Gasteiger partial charge in [-0.3, -0.25) is 9.59 Å². The number of imidazole rings is 1. The van der Waals surface area contributed by atoms with E-state index in [4.69, 9.17) is 9.84 Å². The number of aryl methyl sites for hydroxylation is 1. The summed E-state index contributed by atoms with van der Waals surface area (Å²) in [5.41, 5.74) is 2.50. The number of hydrogen-bond acceptors (Lipinski definition) is 5. The Kier molecular flexibility index (Phi) is 5.78. The number of hydrogen-bond donors (Lipinski definition) is 1. The van der Waals surface area contributed by atoms with E-state index in [1.807, 2.05) is 25.1 Å². The lowest BCUT2D eigenvalue weighted by atomic mass is 10.2. The first-order valence-corrected chi connectivity index (χ1v) is 8.05. The highest BCUT2D eigenvalue weighted by molar-refractivity contribution is 5.82. The smallest absolute Gasteiger partial charge is 0.323 e. The summed E-state index contributed by atoms with van der Waals surface area (Å²) in [6.45, 7) is 7.19. The van der Waals surface area contributed by atoms with Crippen molar-refractivity contribution in [3.05, 3.63) is 24.0 Å². The number of ether oxygens (including phenoxy) is 1. The molecule has 0 radical (unpaired) electrons. The van der Waals surface area contributed by atoms with Gasteiger partial charge in [0.1, 0.15) is 12.4 Å². The summed E-state index contributed by atoms with van der Waals surface area (Å²) in [7, 11) is 0. The van der Waals surface area contributed by atoms with Crippen LogP contribution in [0.4, 0.5) is 5.69 Å². The second kappa shape index (κ2) is 7.81. The Morgan fingerprint density at radius 3 is 2.71 bits per heavy atom. The predicted molar refractivity (Wildman–Crippen MR) is 91.2 cm³/mol. The molecule has 0 aliphatic carbocycles. The Labute approximate surface area is 140 Å². The fourth-order valence-corrected chi connectivity index (χ4v) is 2.70. The van der Waals surface area contributed by atoms with Gasteiger partial charge in [0.05, 0.1) is 24.1 Å². The maximum absolute atomic E-state index is 11.5. The number of esters is 1. The number of nitrogens with zero attached hydrogens (tertiary/aromatic N) is 3. The van der Waals surface area contributed by atoms with E-state index in [1.54, 1.807) is 18.4 Å². The molecular formula is C17H23N3O4. The van der Waals surface area contributed by atoms with Crippen molar-refractivity contribution in [3.63, 3.8) is 0 Å². The van der Waals surface area contributed by atoms with Gasteiger partial charge in [0, 0.05) is 18.8 Å². The van der Waals surface area contributed by atoms with E-state index in [2.05, 4.69) is 9.88 Å². The van der Waals surface area contributed by atoms with Crippen molar-refractivity contribution in [1.82, 2.24) is 9.55 Å². The molecule has 130 valence electrons. The number of anilines is 1. The molecule has 0 amide bonds. The van der Waals surface area contributed by atoms with E-state index >= 15 is 0 Å². The minimum Gasteiger partial charge on any atom is -0.480 e. The van der Waals surface area contributed by atoms with E-state index in [0.29, 0.717) is 25.4 Å². The van der Waals surface area contributed by atoms with Crippen molar-refractivity contribution >= 4 is 28.7 Å². The van der Waals surface area contributed by atoms with E-state index in [9.17, 15) is 9.59 Å². The molecule has 0 bridgehead atoms. The fraction of sp³-hybridized carbons (Fsp3) is 0.471. The van der Waals surface area contributed by atoms with Crippen LogP contribution < -0.4 is 4.90 Å². The Morgan fingerprint density at radius 2 is 2.08 bits per heavy atom. The van der Waals surface area contributed by atoms with Crippen molar-refractivity contribution in [2.75, 3.05) is 24.6 Å². The van der Waals surface area contributed by atoms with Gasteiger partial charge in [0.25, 0.3) is 0 Å². The summed E-state index contributed by atoms with van der Waals surface area (Å²) in [5, 5.41) is 9.02. The standard InChI is InChI=1S/C17H23N3O4/c1-4-19(9-8-17(23)24-5-2)13-6-7-15-14(10-13)18-12(3)20(15)11-16(21)22/h6-7,10H,4-5,8-9,11H2,1-3H3,(H,21,22). The molecule has 0 aliphatic heterocycles. The number of carbonyl (C=O) groups excluding carboxylic acids is 1. The zero-order valence-electron chi connectivity index (χ0n) is 14.3. The van der Waals surface area contributed by atoms with Crippen LogP contribution in [0.2, 0.25) is 0 Å². The van der Waals surface area contributed by atoms with Crippen LogP contribution in [0.15, 0.2) is 18.2 Å². The first-order valence-electron chi connectivity index (χ1n) is 8.05. The van der Waals surface area contributed by atoms with E-state index in [-0.39, 0.29) is 12.5 Å². The van der Waals surface area contributed by atoms with Crippen molar-refractivity contribution < 1.29 is 19.4 Å². The van der Waals surface area contributed by atoms with Crippen LogP contribution in [-0.4, -0.2) is 46.3 Å². The van der Waals surface area contributed by atoms with E-state index in [1.165, 1.54) is 0 Å². The second-order valence-electron chi connectivity index (χ2n) is 5.45. The van der Waals surface area contributed by atoms with Crippen molar-refractivity contribution in [2.24, 2.45) is 0 Å². The molecule has 0 atom stereocenters. The molecule has 0 fully saturated rings. The number of carbonyl (C=O) groups is 2. The molecule has 0 saturated carbocycles. The van der Waals surface area contributed by atoms with Gasteiger partial charge in [-0.15, -0.1) is 0 Å². The molecule has 7 nitrogen and oxygen atoms in total. The Balaban J connectivity index is 2.22. The summed E-state index contributed by atoms with van der Waals surface area (Å²) < 4.78 is 6.64. The molecule has 7 heteroatoms. The van der Waals surface area contributed by atoms with Crippen LogP contribution in [0.25, 0.3) is 11.0 Å². The third kappa shape index (κ3) is 4.04. The monoisotopic (exact) mass is 333 g/mol. The van der Waals surface area contributed by atoms with Gasteiger partial charge < -0.3 is 19.3 Å². The molecule has 1 N–H and O–H groups in total. The first-order chi connectivity index (χ1) is 11.5. The number of rotatable bonds is 8. The van der Waals surface area contributed by atoms with Crippen LogP contribution in [0.1, 0.15) is 26.1 Å². The molecule has 0 unspecified atom stereocenters. The summed E-state index contributed by atoms with van der Waals surface area (Å²) in [4.78, 5) is 29.0. The molecule has 1 aromatic heterocycles. The van der Waals surface area contributed by atoms with Crippen molar-refractivity contribution in [3.8, 4) is 0 Å². The molecule has 2 aromatic rings. The number of aromatic nitrogens is 2. The van der Waals surface area contributed by atoms with Crippen LogP contribution >= 0.6 is 0 Å². The largest absolute Gasteiger partial charge is 0.480 e. The number of benzene rings is 1. The minimum atomic E-state index is -0.897. The average molecular weight is 333 g/mol. The van der Waals surface area contributed by atoms with Gasteiger partial charge >= 0.3 is 11.9 Å². The summed E-state index contributed by atoms with van der Waals surface area (Å²) in [6.07, 6.45) is 0.326. The van der Waals surface area contributed by atoms with Crippen LogP contribution in [0.3, 0.4) is 0 Å². The highest BCUT2D eigenvalue weighted by atomic mass is 16.5. The van der Waals surface area contributed by atoms with Gasteiger partial charge in [0.15, 0.2) is 0 Å². The number of aliphatic carboxylic acids is 1. The predicted octanol–water partition coefficient (Wildman–Crippen LogP) is 2.21. The van der Waals surface area contributed by atoms with Gasteiger partial charge in [-0.25, -0.2) is 4.98 Å². The van der Waals surface area contributed by atoms with Crippen LogP contribution in [0, 0.1) is 6.92 Å². The average Bonchev–Trinajstić information content (AvgIpc) is 2.83. The third-order valence-electron chi connectivity index (χ3n) is 3.85. The molecule has 0 saturated heterocycles. The Hall–Kier alpha value is -2.57. The van der Waals surface area contributed by atoms with Crippen molar-refractivity contribution in [2.45, 2.75) is 33.7 Å². The van der Waals surface area contributed by atoms with E-state index < -0.39 is 5.97 Å². The Morgan fingerprint density at radius 1 is 1.33 bits per heavy atom. The Bertz CT molecular complexity index is 739. The second-order valence-corrected chi connectivity index (χ2v) is 5.45. The summed E-state index contributed by atoms with van der Waals surface area (Å²) in [6, 6.07) is 5.73. The molecule has 0 aliphatic rings. The molecule has 2 rings (SSSR count). The lowest BCUT2D eigenvalue weighted by molar-refractivity contribution is -0.143.